The molecule has 17 heavy (non-hydrogen) atoms. The van der Waals surface area contributed by atoms with Crippen molar-refractivity contribution in [2.45, 2.75) is 33.6 Å². The molecule has 1 aromatic rings. The van der Waals surface area contributed by atoms with Crippen molar-refractivity contribution in [1.29, 1.82) is 0 Å². The zero-order valence-corrected chi connectivity index (χ0v) is 10.8. The van der Waals surface area contributed by atoms with Gasteiger partial charge in [-0.3, -0.25) is 4.79 Å². The standard InChI is InChI=1S/C14H21NO2/c1-4-15(14(17)9-8-11(2)3)12-6-5-7-13(16)10-12/h5-7,10-11,16H,4,8-9H2,1-3H3. The number of aromatic hydroxyl groups is 1. The van der Waals surface area contributed by atoms with Crippen molar-refractivity contribution < 1.29 is 9.90 Å². The van der Waals surface area contributed by atoms with E-state index >= 15 is 0 Å². The molecular formula is C14H21NO2. The lowest BCUT2D eigenvalue weighted by molar-refractivity contribution is -0.118. The zero-order valence-electron chi connectivity index (χ0n) is 10.8. The second kappa shape index (κ2) is 6.28. The molecule has 0 radical (unpaired) electrons. The van der Waals surface area contributed by atoms with Crippen LogP contribution in [0.25, 0.3) is 0 Å². The summed E-state index contributed by atoms with van der Waals surface area (Å²) in [7, 11) is 0. The summed E-state index contributed by atoms with van der Waals surface area (Å²) in [6.45, 7) is 6.79. The molecule has 0 heterocycles. The maximum absolute atomic E-state index is 12.0. The third kappa shape index (κ3) is 4.10. The minimum atomic E-state index is 0.117. The number of carbonyl (C=O) groups excluding carboxylic acids is 1. The monoisotopic (exact) mass is 235 g/mol. The SMILES string of the molecule is CCN(C(=O)CCC(C)C)c1cccc(O)c1. The predicted molar refractivity (Wildman–Crippen MR) is 70.2 cm³/mol. The van der Waals surface area contributed by atoms with Gasteiger partial charge in [0.2, 0.25) is 5.91 Å². The van der Waals surface area contributed by atoms with Crippen molar-refractivity contribution in [2.75, 3.05) is 11.4 Å². The first-order chi connectivity index (χ1) is 8.04. The van der Waals surface area contributed by atoms with Gasteiger partial charge in [-0.15, -0.1) is 0 Å². The maximum atomic E-state index is 12.0. The molecule has 3 nitrogen and oxygen atoms in total. The number of phenols is 1. The molecule has 0 aliphatic heterocycles. The summed E-state index contributed by atoms with van der Waals surface area (Å²) in [4.78, 5) is 13.7. The molecule has 1 rings (SSSR count). The summed E-state index contributed by atoms with van der Waals surface area (Å²) >= 11 is 0. The molecule has 0 atom stereocenters. The van der Waals surface area contributed by atoms with Gasteiger partial charge >= 0.3 is 0 Å². The molecule has 0 bridgehead atoms. The van der Waals surface area contributed by atoms with Crippen LogP contribution in [-0.4, -0.2) is 17.6 Å². The van der Waals surface area contributed by atoms with Crippen molar-refractivity contribution in [3.05, 3.63) is 24.3 Å². The second-order valence-corrected chi connectivity index (χ2v) is 4.59. The molecule has 1 amide bonds. The van der Waals surface area contributed by atoms with E-state index in [1.807, 2.05) is 13.0 Å². The number of hydrogen-bond donors (Lipinski definition) is 1. The van der Waals surface area contributed by atoms with Crippen molar-refractivity contribution in [3.8, 4) is 5.75 Å². The average molecular weight is 235 g/mol. The van der Waals surface area contributed by atoms with E-state index in [0.717, 1.165) is 12.1 Å². The summed E-state index contributed by atoms with van der Waals surface area (Å²) in [5.74, 6) is 0.839. The number of anilines is 1. The van der Waals surface area contributed by atoms with E-state index in [9.17, 15) is 9.90 Å². The van der Waals surface area contributed by atoms with Gasteiger partial charge < -0.3 is 10.0 Å². The Kier molecular flexibility index (Phi) is 5.01. The third-order valence-corrected chi connectivity index (χ3v) is 2.69. The van der Waals surface area contributed by atoms with Gasteiger partial charge in [0, 0.05) is 24.7 Å². The summed E-state index contributed by atoms with van der Waals surface area (Å²) in [6.07, 6.45) is 1.45. The van der Waals surface area contributed by atoms with Crippen LogP contribution in [0.5, 0.6) is 5.75 Å². The molecule has 0 aliphatic carbocycles. The van der Waals surface area contributed by atoms with Crippen LogP contribution >= 0.6 is 0 Å². The van der Waals surface area contributed by atoms with Crippen molar-refractivity contribution in [2.24, 2.45) is 5.92 Å². The molecule has 0 saturated heterocycles. The number of nitrogens with zero attached hydrogens (tertiary/aromatic N) is 1. The number of benzene rings is 1. The van der Waals surface area contributed by atoms with Crippen molar-refractivity contribution >= 4 is 11.6 Å². The van der Waals surface area contributed by atoms with Crippen LogP contribution in [0.4, 0.5) is 5.69 Å². The largest absolute Gasteiger partial charge is 0.508 e. The Labute approximate surface area is 103 Å². The van der Waals surface area contributed by atoms with Crippen LogP contribution in [0.1, 0.15) is 33.6 Å². The van der Waals surface area contributed by atoms with E-state index < -0.39 is 0 Å². The number of rotatable bonds is 5. The van der Waals surface area contributed by atoms with Crippen LogP contribution in [0.15, 0.2) is 24.3 Å². The van der Waals surface area contributed by atoms with E-state index in [0.29, 0.717) is 18.9 Å². The van der Waals surface area contributed by atoms with E-state index in [4.69, 9.17) is 0 Å². The van der Waals surface area contributed by atoms with Crippen LogP contribution in [0.2, 0.25) is 0 Å². The Morgan fingerprint density at radius 1 is 1.41 bits per heavy atom. The lowest BCUT2D eigenvalue weighted by atomic mass is 10.1. The molecule has 0 aliphatic rings. The highest BCUT2D eigenvalue weighted by Gasteiger charge is 2.14. The molecule has 1 aromatic carbocycles. The zero-order chi connectivity index (χ0) is 12.8. The molecule has 0 spiro atoms. The number of hydrogen-bond acceptors (Lipinski definition) is 2. The molecule has 0 saturated carbocycles. The molecule has 0 unspecified atom stereocenters. The number of carbonyl (C=O) groups is 1. The fourth-order valence-electron chi connectivity index (χ4n) is 1.71. The predicted octanol–water partition coefficient (Wildman–Crippen LogP) is 3.18. The van der Waals surface area contributed by atoms with Gasteiger partial charge in [0.15, 0.2) is 0 Å². The summed E-state index contributed by atoms with van der Waals surface area (Å²) in [5.41, 5.74) is 0.765. The van der Waals surface area contributed by atoms with Crippen LogP contribution in [-0.2, 0) is 4.79 Å². The minimum absolute atomic E-state index is 0.117. The van der Waals surface area contributed by atoms with Gasteiger partial charge in [-0.1, -0.05) is 19.9 Å². The summed E-state index contributed by atoms with van der Waals surface area (Å²) < 4.78 is 0. The Morgan fingerprint density at radius 2 is 2.12 bits per heavy atom. The topological polar surface area (TPSA) is 40.5 Å². The first-order valence-electron chi connectivity index (χ1n) is 6.14. The van der Waals surface area contributed by atoms with E-state index in [1.54, 1.807) is 23.1 Å². The fraction of sp³-hybridized carbons (Fsp3) is 0.500. The highest BCUT2D eigenvalue weighted by molar-refractivity contribution is 5.93. The molecular weight excluding hydrogens is 214 g/mol. The molecule has 3 heteroatoms. The third-order valence-electron chi connectivity index (χ3n) is 2.69. The Bertz CT molecular complexity index is 374. The van der Waals surface area contributed by atoms with Crippen LogP contribution in [0.3, 0.4) is 0 Å². The summed E-state index contributed by atoms with van der Waals surface area (Å²) in [6, 6.07) is 6.83. The van der Waals surface area contributed by atoms with Gasteiger partial charge in [0.25, 0.3) is 0 Å². The molecule has 1 N–H and O–H groups in total. The van der Waals surface area contributed by atoms with Crippen LogP contribution < -0.4 is 4.90 Å². The smallest absolute Gasteiger partial charge is 0.226 e. The Hall–Kier alpha value is -1.51. The normalized spacial score (nSPS) is 10.6. The highest BCUT2D eigenvalue weighted by atomic mass is 16.3. The van der Waals surface area contributed by atoms with Gasteiger partial charge in [0.1, 0.15) is 5.75 Å². The lowest BCUT2D eigenvalue weighted by Gasteiger charge is -2.21. The van der Waals surface area contributed by atoms with Gasteiger partial charge in [-0.25, -0.2) is 0 Å². The molecule has 94 valence electrons. The molecule has 0 fully saturated rings. The quantitative estimate of drug-likeness (QED) is 0.851. The Balaban J connectivity index is 2.74. The average Bonchev–Trinajstić information content (AvgIpc) is 2.27. The van der Waals surface area contributed by atoms with Crippen molar-refractivity contribution in [3.63, 3.8) is 0 Å². The van der Waals surface area contributed by atoms with Crippen molar-refractivity contribution in [1.82, 2.24) is 0 Å². The van der Waals surface area contributed by atoms with Crippen LogP contribution in [0, 0.1) is 5.92 Å². The first-order valence-corrected chi connectivity index (χ1v) is 6.14. The lowest BCUT2D eigenvalue weighted by Crippen LogP contribution is -2.30. The van der Waals surface area contributed by atoms with E-state index in [2.05, 4.69) is 13.8 Å². The number of amides is 1. The van der Waals surface area contributed by atoms with E-state index in [-0.39, 0.29) is 11.7 Å². The minimum Gasteiger partial charge on any atom is -0.508 e. The first kappa shape index (κ1) is 13.6. The maximum Gasteiger partial charge on any atom is 0.226 e. The van der Waals surface area contributed by atoms with Gasteiger partial charge in [-0.2, -0.15) is 0 Å². The number of phenolic OH excluding ortho intramolecular Hbond substituents is 1. The van der Waals surface area contributed by atoms with Gasteiger partial charge in [-0.05, 0) is 31.4 Å². The van der Waals surface area contributed by atoms with Gasteiger partial charge in [0.05, 0.1) is 0 Å². The molecule has 0 aromatic heterocycles. The Morgan fingerprint density at radius 3 is 2.65 bits per heavy atom. The fourth-order valence-corrected chi connectivity index (χ4v) is 1.71. The summed E-state index contributed by atoms with van der Waals surface area (Å²) in [5, 5.41) is 9.42. The van der Waals surface area contributed by atoms with E-state index in [1.165, 1.54) is 0 Å². The second-order valence-electron chi connectivity index (χ2n) is 4.59. The highest BCUT2D eigenvalue weighted by Crippen LogP contribution is 2.21.